The smallest absolute Gasteiger partial charge is 0 e. The molecule has 0 aromatic heterocycles. The number of hydrogen-bond donors (Lipinski definition) is 1. The van der Waals surface area contributed by atoms with Gasteiger partial charge in [-0.25, -0.2) is 0 Å². The Morgan fingerprint density at radius 3 is 2.43 bits per heavy atom. The molecule has 1 heterocycles. The van der Waals surface area contributed by atoms with Crippen molar-refractivity contribution in [1.29, 1.82) is 0 Å². The fraction of sp³-hybridized carbons (Fsp3) is 0.800. The van der Waals surface area contributed by atoms with Crippen molar-refractivity contribution in [2.24, 2.45) is 0 Å². The van der Waals surface area contributed by atoms with Crippen LogP contribution >= 0.6 is 0 Å². The molecule has 39 valence electrons. The molecule has 1 fully saturated rings. The van der Waals surface area contributed by atoms with Crippen molar-refractivity contribution in [1.82, 2.24) is 5.32 Å². The summed E-state index contributed by atoms with van der Waals surface area (Å²) in [5.74, 6) is 0. The van der Waals surface area contributed by atoms with Crippen molar-refractivity contribution in [2.45, 2.75) is 12.8 Å². The second kappa shape index (κ2) is 5.21. The van der Waals surface area contributed by atoms with Gasteiger partial charge in [0, 0.05) is 32.7 Å². The molecule has 7 heavy (non-hydrogen) atoms. The maximum Gasteiger partial charge on any atom is 0 e. The molecule has 0 atom stereocenters. The van der Waals surface area contributed by atoms with E-state index in [-0.39, 0.29) is 32.7 Å². The summed E-state index contributed by atoms with van der Waals surface area (Å²) in [6.07, 6.45) is 4.93. The largest absolute Gasteiger partial charge is 0.346 e. The third kappa shape index (κ3) is 3.63. The zero-order valence-corrected chi connectivity index (χ0v) is 7.32. The summed E-state index contributed by atoms with van der Waals surface area (Å²) in [6.45, 7) is 2.34. The summed E-state index contributed by atoms with van der Waals surface area (Å²) in [5.41, 5.74) is 0. The predicted molar refractivity (Wildman–Crippen MR) is 26.4 cm³/mol. The summed E-state index contributed by atoms with van der Waals surface area (Å²) < 4.78 is 0. The van der Waals surface area contributed by atoms with Gasteiger partial charge in [0.25, 0.3) is 0 Å². The Bertz CT molecular complexity index is 23.6. The Labute approximate surface area is 70.1 Å². The molecule has 1 aliphatic rings. The molecule has 0 spiro atoms. The van der Waals surface area contributed by atoms with Crippen LogP contribution in [0.2, 0.25) is 0 Å². The van der Waals surface area contributed by atoms with Crippen LogP contribution in [0.3, 0.4) is 0 Å². The Kier molecular flexibility index (Phi) is 6.00. The fourth-order valence-corrected chi connectivity index (χ4v) is 0.678. The van der Waals surface area contributed by atoms with Crippen LogP contribution in [0.25, 0.3) is 0 Å². The molecule has 0 aromatic carbocycles. The van der Waals surface area contributed by atoms with Crippen LogP contribution < -0.4 is 5.32 Å². The van der Waals surface area contributed by atoms with Crippen LogP contribution in [0.1, 0.15) is 12.8 Å². The monoisotopic (exact) mass is 173 g/mol. The van der Waals surface area contributed by atoms with E-state index in [9.17, 15) is 0 Å². The summed E-state index contributed by atoms with van der Waals surface area (Å²) in [5, 5.41) is 3.23. The summed E-state index contributed by atoms with van der Waals surface area (Å²) in [6, 6.07) is 0. The molecular weight excluding hydrogens is 163 g/mol. The van der Waals surface area contributed by atoms with Crippen LogP contribution in [-0.4, -0.2) is 13.1 Å². The molecule has 0 aliphatic carbocycles. The normalized spacial score (nSPS) is 20.6. The van der Waals surface area contributed by atoms with E-state index in [1.54, 1.807) is 0 Å². The first-order valence-corrected chi connectivity index (χ1v) is 2.52. The average Bonchev–Trinajstić information content (AvgIpc) is 1.72. The van der Waals surface area contributed by atoms with E-state index in [2.05, 4.69) is 11.7 Å². The average molecular weight is 173 g/mol. The van der Waals surface area contributed by atoms with Gasteiger partial charge in [-0.2, -0.15) is 6.42 Å². The van der Waals surface area contributed by atoms with Gasteiger partial charge >= 0.3 is 0 Å². The molecule has 2 heteroatoms. The van der Waals surface area contributed by atoms with Gasteiger partial charge in [0.1, 0.15) is 0 Å². The molecule has 1 rings (SSSR count). The minimum Gasteiger partial charge on any atom is -0.346 e. The van der Waals surface area contributed by atoms with Crippen LogP contribution in [0.5, 0.6) is 0 Å². The number of hydrogen-bond acceptors (Lipinski definition) is 1. The topological polar surface area (TPSA) is 12.0 Å². The van der Waals surface area contributed by atoms with Gasteiger partial charge < -0.3 is 11.7 Å². The number of rotatable bonds is 0. The van der Waals surface area contributed by atoms with E-state index in [0.29, 0.717) is 0 Å². The minimum atomic E-state index is 0. The summed E-state index contributed by atoms with van der Waals surface area (Å²) in [4.78, 5) is 0. The van der Waals surface area contributed by atoms with E-state index in [0.717, 1.165) is 6.54 Å². The third-order valence-corrected chi connectivity index (χ3v) is 1.05. The van der Waals surface area contributed by atoms with Crippen molar-refractivity contribution < 1.29 is 32.7 Å². The molecule has 1 radical (unpaired) electrons. The first-order chi connectivity index (χ1) is 3.00. The molecule has 0 saturated carbocycles. The van der Waals surface area contributed by atoms with Crippen molar-refractivity contribution in [3.63, 3.8) is 0 Å². The second-order valence-corrected chi connectivity index (χ2v) is 1.64. The van der Waals surface area contributed by atoms with Crippen LogP contribution in [-0.2, 0) is 32.7 Å². The van der Waals surface area contributed by atoms with Gasteiger partial charge in [0.2, 0.25) is 0 Å². The molecule has 0 bridgehead atoms. The number of nitrogens with one attached hydrogen (secondary N) is 1. The first-order valence-electron chi connectivity index (χ1n) is 2.52. The Morgan fingerprint density at radius 2 is 2.29 bits per heavy atom. The Hall–Kier alpha value is 1.06. The fourth-order valence-electron chi connectivity index (χ4n) is 0.678. The van der Waals surface area contributed by atoms with Gasteiger partial charge in [-0.05, 0) is 6.54 Å². The first kappa shape index (κ1) is 8.06. The van der Waals surface area contributed by atoms with Gasteiger partial charge in [0.05, 0.1) is 0 Å². The Balaban J connectivity index is 0.000000360. The Morgan fingerprint density at radius 1 is 1.43 bits per heavy atom. The van der Waals surface area contributed by atoms with Crippen LogP contribution in [0.15, 0.2) is 0 Å². The minimum absolute atomic E-state index is 0. The molecule has 1 N–H and O–H groups in total. The van der Waals surface area contributed by atoms with Crippen molar-refractivity contribution in [3.8, 4) is 0 Å². The predicted octanol–water partition coefficient (Wildman–Crippen LogP) is 0.572. The molecule has 0 unspecified atom stereocenters. The zero-order chi connectivity index (χ0) is 4.24. The van der Waals surface area contributed by atoms with E-state index in [1.165, 1.54) is 19.4 Å². The summed E-state index contributed by atoms with van der Waals surface area (Å²) >= 11 is 0. The van der Waals surface area contributed by atoms with Gasteiger partial charge in [-0.3, -0.25) is 0 Å². The van der Waals surface area contributed by atoms with Crippen LogP contribution in [0.4, 0.5) is 0 Å². The van der Waals surface area contributed by atoms with Crippen molar-refractivity contribution in [3.05, 3.63) is 6.42 Å². The van der Waals surface area contributed by atoms with Crippen molar-refractivity contribution >= 4 is 0 Å². The molecule has 1 saturated heterocycles. The zero-order valence-electron chi connectivity index (χ0n) is 4.48. The van der Waals surface area contributed by atoms with E-state index in [1.807, 2.05) is 0 Å². The maximum absolute atomic E-state index is 3.23. The van der Waals surface area contributed by atoms with Crippen LogP contribution in [0, 0.1) is 6.42 Å². The molecule has 0 amide bonds. The second-order valence-electron chi connectivity index (χ2n) is 1.64. The molecule has 0 aromatic rings. The summed E-state index contributed by atoms with van der Waals surface area (Å²) in [7, 11) is 0. The molecule has 1 aliphatic heterocycles. The molecular formula is C5H10NY-. The third-order valence-electron chi connectivity index (χ3n) is 1.05. The van der Waals surface area contributed by atoms with Crippen molar-refractivity contribution in [2.75, 3.05) is 13.1 Å². The van der Waals surface area contributed by atoms with E-state index < -0.39 is 0 Å². The SMILES string of the molecule is [CH-]1CCCNC1.[Y]. The van der Waals surface area contributed by atoms with E-state index in [4.69, 9.17) is 0 Å². The standard InChI is InChI=1S/C5H10N.Y/c1-2-4-6-5-3-1;/h2,6H,1,3-5H2;/q-1;. The number of piperidine rings is 1. The quantitative estimate of drug-likeness (QED) is 0.528. The maximum atomic E-state index is 3.23. The molecule has 1 nitrogen and oxygen atoms in total. The van der Waals surface area contributed by atoms with Gasteiger partial charge in [-0.1, -0.05) is 6.42 Å². The van der Waals surface area contributed by atoms with Gasteiger partial charge in [-0.15, -0.1) is 6.54 Å². The van der Waals surface area contributed by atoms with Gasteiger partial charge in [0.15, 0.2) is 0 Å². The van der Waals surface area contributed by atoms with E-state index >= 15 is 0 Å².